The van der Waals surface area contributed by atoms with Gasteiger partial charge in [0.2, 0.25) is 5.91 Å². The number of piperidine rings is 1. The molecule has 4 rings (SSSR count). The van der Waals surface area contributed by atoms with Crippen molar-refractivity contribution in [3.05, 3.63) is 76.1 Å². The lowest BCUT2D eigenvalue weighted by Gasteiger charge is -2.32. The number of nitrogens with one attached hydrogen (secondary N) is 2. The van der Waals surface area contributed by atoms with Gasteiger partial charge in [-0.25, -0.2) is 4.98 Å². The molecule has 1 unspecified atom stereocenters. The molecule has 1 saturated heterocycles. The number of benzene rings is 1. The van der Waals surface area contributed by atoms with Gasteiger partial charge >= 0.3 is 0 Å². The van der Waals surface area contributed by atoms with Crippen LogP contribution < -0.4 is 21.3 Å². The van der Waals surface area contributed by atoms with E-state index in [2.05, 4.69) is 15.6 Å². The first kappa shape index (κ1) is 22.5. The smallest absolute Gasteiger partial charge is 0.261 e. The van der Waals surface area contributed by atoms with E-state index in [1.807, 2.05) is 34.5 Å². The summed E-state index contributed by atoms with van der Waals surface area (Å²) in [6, 6.07) is 14.3. The maximum absolute atomic E-state index is 12.6. The topological polar surface area (TPSA) is 117 Å². The van der Waals surface area contributed by atoms with E-state index in [0.717, 1.165) is 30.8 Å². The minimum Gasteiger partial charge on any atom is -0.369 e. The van der Waals surface area contributed by atoms with Crippen molar-refractivity contribution in [1.82, 2.24) is 10.3 Å². The highest BCUT2D eigenvalue weighted by Gasteiger charge is 2.24. The Hall–Kier alpha value is -3.72. The number of thiophene rings is 1. The number of anilines is 2. The van der Waals surface area contributed by atoms with E-state index >= 15 is 0 Å². The fraction of sp³-hybridized carbons (Fsp3) is 0.250. The monoisotopic (exact) mass is 463 g/mol. The lowest BCUT2D eigenvalue weighted by Crippen LogP contribution is -2.41. The van der Waals surface area contributed by atoms with Crippen LogP contribution in [-0.2, 0) is 11.3 Å². The molecule has 1 fully saturated rings. The summed E-state index contributed by atoms with van der Waals surface area (Å²) in [5, 5.41) is 7.56. The van der Waals surface area contributed by atoms with E-state index < -0.39 is 0 Å². The van der Waals surface area contributed by atoms with Gasteiger partial charge in [0.15, 0.2) is 0 Å². The van der Waals surface area contributed by atoms with E-state index in [-0.39, 0.29) is 23.6 Å². The molecule has 0 bridgehead atoms. The van der Waals surface area contributed by atoms with Gasteiger partial charge in [-0.05, 0) is 54.1 Å². The number of carbonyl (C=O) groups is 3. The van der Waals surface area contributed by atoms with Crippen molar-refractivity contribution in [3.8, 4) is 0 Å². The van der Waals surface area contributed by atoms with Crippen molar-refractivity contribution >= 4 is 40.6 Å². The van der Waals surface area contributed by atoms with Crippen molar-refractivity contribution in [1.29, 1.82) is 0 Å². The van der Waals surface area contributed by atoms with Crippen molar-refractivity contribution in [2.45, 2.75) is 19.4 Å². The minimum absolute atomic E-state index is 0.113. The van der Waals surface area contributed by atoms with Crippen LogP contribution in [0.4, 0.5) is 11.5 Å². The molecule has 33 heavy (non-hydrogen) atoms. The molecule has 8 nitrogen and oxygen atoms in total. The number of amides is 3. The molecule has 2 aromatic heterocycles. The van der Waals surface area contributed by atoms with Gasteiger partial charge in [0, 0.05) is 25.2 Å². The largest absolute Gasteiger partial charge is 0.369 e. The molecule has 3 aromatic rings. The molecule has 1 atom stereocenters. The molecule has 3 heterocycles. The second-order valence-electron chi connectivity index (χ2n) is 7.90. The van der Waals surface area contributed by atoms with Crippen LogP contribution in [0.5, 0.6) is 0 Å². The third-order valence-electron chi connectivity index (χ3n) is 5.57. The Morgan fingerprint density at radius 1 is 1.09 bits per heavy atom. The van der Waals surface area contributed by atoms with Crippen LogP contribution >= 0.6 is 11.3 Å². The van der Waals surface area contributed by atoms with E-state index in [1.165, 1.54) is 11.3 Å². The molecule has 9 heteroatoms. The van der Waals surface area contributed by atoms with Crippen LogP contribution in [0.15, 0.2) is 60.1 Å². The highest BCUT2D eigenvalue weighted by Crippen LogP contribution is 2.22. The molecular weight excluding hydrogens is 438 g/mol. The van der Waals surface area contributed by atoms with Crippen LogP contribution in [0.25, 0.3) is 0 Å². The molecule has 1 aliphatic rings. The number of aromatic nitrogens is 1. The van der Waals surface area contributed by atoms with E-state index in [0.29, 0.717) is 29.2 Å². The second kappa shape index (κ2) is 10.3. The number of hydrogen-bond donors (Lipinski definition) is 3. The third-order valence-corrected chi connectivity index (χ3v) is 6.44. The number of primary amides is 1. The standard InChI is InChI=1S/C24H25N5O3S/c25-22(30)18-3-1-11-29(15-18)21-10-9-19(14-26-21)28-23(31)17-7-5-16(6-8-17)13-27-24(32)20-4-2-12-33-20/h2,4-10,12,14,18H,1,3,11,13,15H2,(H2,25,30)(H,27,32)(H,28,31). The quantitative estimate of drug-likeness (QED) is 0.498. The van der Waals surface area contributed by atoms with Gasteiger partial charge in [-0.1, -0.05) is 18.2 Å². The molecule has 0 spiro atoms. The number of carbonyl (C=O) groups excluding carboxylic acids is 3. The maximum Gasteiger partial charge on any atom is 0.261 e. The summed E-state index contributed by atoms with van der Waals surface area (Å²) >= 11 is 1.39. The summed E-state index contributed by atoms with van der Waals surface area (Å²) in [4.78, 5) is 43.2. The molecule has 0 saturated carbocycles. The fourth-order valence-electron chi connectivity index (χ4n) is 3.72. The first-order chi connectivity index (χ1) is 16.0. The molecule has 3 amide bonds. The minimum atomic E-state index is -0.278. The van der Waals surface area contributed by atoms with Gasteiger partial charge in [-0.2, -0.15) is 0 Å². The maximum atomic E-state index is 12.6. The van der Waals surface area contributed by atoms with Gasteiger partial charge in [0.05, 0.1) is 22.7 Å². The van der Waals surface area contributed by atoms with Gasteiger partial charge in [0.1, 0.15) is 5.82 Å². The Morgan fingerprint density at radius 3 is 2.58 bits per heavy atom. The van der Waals surface area contributed by atoms with Crippen molar-refractivity contribution in [2.75, 3.05) is 23.3 Å². The average Bonchev–Trinajstić information content (AvgIpc) is 3.39. The summed E-state index contributed by atoms with van der Waals surface area (Å²) < 4.78 is 0. The third kappa shape index (κ3) is 5.75. The number of hydrogen-bond acceptors (Lipinski definition) is 6. The van der Waals surface area contributed by atoms with Crippen LogP contribution in [0.1, 0.15) is 38.4 Å². The summed E-state index contributed by atoms with van der Waals surface area (Å²) in [6.07, 6.45) is 3.30. The first-order valence-corrected chi connectivity index (χ1v) is 11.6. The Balaban J connectivity index is 1.30. The van der Waals surface area contributed by atoms with Crippen molar-refractivity contribution < 1.29 is 14.4 Å². The SMILES string of the molecule is NC(=O)C1CCCN(c2ccc(NC(=O)c3ccc(CNC(=O)c4cccs4)cc3)cn2)C1. The summed E-state index contributed by atoms with van der Waals surface area (Å²) in [7, 11) is 0. The highest BCUT2D eigenvalue weighted by molar-refractivity contribution is 7.12. The Kier molecular flexibility index (Phi) is 6.99. The highest BCUT2D eigenvalue weighted by atomic mass is 32.1. The van der Waals surface area contributed by atoms with Crippen LogP contribution in [0.3, 0.4) is 0 Å². The molecule has 4 N–H and O–H groups in total. The molecule has 1 aromatic carbocycles. The van der Waals surface area contributed by atoms with Gasteiger partial charge in [0.25, 0.3) is 11.8 Å². The molecule has 0 aliphatic carbocycles. The normalized spacial score (nSPS) is 15.6. The predicted octanol–water partition coefficient (Wildman–Crippen LogP) is 3.03. The molecule has 0 radical (unpaired) electrons. The van der Waals surface area contributed by atoms with E-state index in [4.69, 9.17) is 5.73 Å². The van der Waals surface area contributed by atoms with E-state index in [1.54, 1.807) is 30.5 Å². The second-order valence-corrected chi connectivity index (χ2v) is 8.85. The first-order valence-electron chi connectivity index (χ1n) is 10.7. The number of nitrogens with two attached hydrogens (primary N) is 1. The predicted molar refractivity (Wildman–Crippen MR) is 128 cm³/mol. The number of nitrogens with zero attached hydrogens (tertiary/aromatic N) is 2. The fourth-order valence-corrected chi connectivity index (χ4v) is 4.36. The zero-order chi connectivity index (χ0) is 23.2. The van der Waals surface area contributed by atoms with E-state index in [9.17, 15) is 14.4 Å². The van der Waals surface area contributed by atoms with Crippen LogP contribution in [0.2, 0.25) is 0 Å². The lowest BCUT2D eigenvalue weighted by atomic mass is 9.97. The van der Waals surface area contributed by atoms with Gasteiger partial charge in [-0.3, -0.25) is 14.4 Å². The Labute approximate surface area is 195 Å². The van der Waals surface area contributed by atoms with Crippen LogP contribution in [-0.4, -0.2) is 35.8 Å². The Morgan fingerprint density at radius 2 is 1.91 bits per heavy atom. The molecular formula is C24H25N5O3S. The van der Waals surface area contributed by atoms with Crippen molar-refractivity contribution in [3.63, 3.8) is 0 Å². The van der Waals surface area contributed by atoms with Gasteiger partial charge < -0.3 is 21.3 Å². The lowest BCUT2D eigenvalue weighted by molar-refractivity contribution is -0.122. The molecule has 1 aliphatic heterocycles. The molecule has 170 valence electrons. The summed E-state index contributed by atoms with van der Waals surface area (Å²) in [5.41, 5.74) is 7.44. The zero-order valence-corrected chi connectivity index (χ0v) is 18.8. The van der Waals surface area contributed by atoms with Crippen LogP contribution in [0, 0.1) is 5.92 Å². The zero-order valence-electron chi connectivity index (χ0n) is 18.0. The Bertz CT molecular complexity index is 1110. The number of pyridine rings is 1. The number of rotatable bonds is 7. The van der Waals surface area contributed by atoms with Crippen molar-refractivity contribution in [2.24, 2.45) is 11.7 Å². The average molecular weight is 464 g/mol. The summed E-state index contributed by atoms with van der Waals surface area (Å²) in [5.74, 6) is -0.0396. The van der Waals surface area contributed by atoms with Gasteiger partial charge in [-0.15, -0.1) is 11.3 Å². The summed E-state index contributed by atoms with van der Waals surface area (Å²) in [6.45, 7) is 1.77.